The number of amides is 1. The van der Waals surface area contributed by atoms with Gasteiger partial charge in [-0.15, -0.1) is 0 Å². The molecule has 1 amide bonds. The molecule has 2 aromatic carbocycles. The Bertz CT molecular complexity index is 1330. The van der Waals surface area contributed by atoms with E-state index >= 15 is 0 Å². The Morgan fingerprint density at radius 3 is 2.48 bits per heavy atom. The second-order valence-electron chi connectivity index (χ2n) is 6.86. The summed E-state index contributed by atoms with van der Waals surface area (Å²) in [5, 5.41) is 4.40. The Morgan fingerprint density at radius 2 is 1.74 bits per heavy atom. The van der Waals surface area contributed by atoms with Crippen molar-refractivity contribution in [2.75, 3.05) is 0 Å². The molecule has 0 bridgehead atoms. The van der Waals surface area contributed by atoms with Gasteiger partial charge >= 0.3 is 0 Å². The van der Waals surface area contributed by atoms with Gasteiger partial charge in [0.1, 0.15) is 5.82 Å². The predicted octanol–water partition coefficient (Wildman–Crippen LogP) is 5.04. The number of hydrogen-bond donors (Lipinski definition) is 1. The highest BCUT2D eigenvalue weighted by molar-refractivity contribution is 6.33. The van der Waals surface area contributed by atoms with Gasteiger partial charge in [0, 0.05) is 17.3 Å². The molecule has 0 atom stereocenters. The average Bonchev–Trinajstić information content (AvgIpc) is 3.05. The van der Waals surface area contributed by atoms with Crippen LogP contribution in [0.3, 0.4) is 0 Å². The third-order valence-electron chi connectivity index (χ3n) is 4.94. The molecule has 0 fully saturated rings. The molecule has 0 radical (unpaired) electrons. The fraction of sp³-hybridized carbons (Fsp3) is 0.0417. The second kappa shape index (κ2) is 8.53. The molecular formula is C24H17ClFN3O2. The van der Waals surface area contributed by atoms with Crippen molar-refractivity contribution in [3.05, 3.63) is 112 Å². The molecule has 2 heterocycles. The van der Waals surface area contributed by atoms with Gasteiger partial charge in [0.2, 0.25) is 5.78 Å². The topological polar surface area (TPSA) is 62.9 Å². The lowest BCUT2D eigenvalue weighted by atomic mass is 10.0. The van der Waals surface area contributed by atoms with Crippen LogP contribution in [0.1, 0.15) is 37.5 Å². The molecule has 0 aliphatic carbocycles. The number of hydrogen-bond acceptors (Lipinski definition) is 3. The quantitative estimate of drug-likeness (QED) is 0.272. The summed E-state index contributed by atoms with van der Waals surface area (Å²) in [6.07, 6.45) is 3.28. The smallest absolute Gasteiger partial charge is 0.272 e. The monoisotopic (exact) mass is 433 g/mol. The molecule has 7 heteroatoms. The maximum Gasteiger partial charge on any atom is 0.272 e. The summed E-state index contributed by atoms with van der Waals surface area (Å²) in [6.45, 7) is 1.81. The van der Waals surface area contributed by atoms with Crippen LogP contribution in [0.4, 0.5) is 4.39 Å². The summed E-state index contributed by atoms with van der Waals surface area (Å²) >= 11 is 6.05. The van der Waals surface area contributed by atoms with Crippen LogP contribution in [0, 0.1) is 12.7 Å². The largest absolute Gasteiger partial charge is 0.313 e. The lowest BCUT2D eigenvalue weighted by molar-refractivity contribution is 0.0954. The molecule has 31 heavy (non-hydrogen) atoms. The normalized spacial score (nSPS) is 11.2. The van der Waals surface area contributed by atoms with Gasteiger partial charge < -0.3 is 4.40 Å². The van der Waals surface area contributed by atoms with E-state index < -0.39 is 11.7 Å². The minimum absolute atomic E-state index is 0.238. The van der Waals surface area contributed by atoms with Crippen LogP contribution >= 0.6 is 11.6 Å². The number of fused-ring (bicyclic) bond motifs is 1. The van der Waals surface area contributed by atoms with Crippen LogP contribution in [-0.4, -0.2) is 22.3 Å². The predicted molar refractivity (Wildman–Crippen MR) is 118 cm³/mol. The molecule has 0 spiro atoms. The molecule has 154 valence electrons. The van der Waals surface area contributed by atoms with E-state index in [-0.39, 0.29) is 5.78 Å². The highest BCUT2D eigenvalue weighted by Crippen LogP contribution is 2.24. The van der Waals surface area contributed by atoms with Gasteiger partial charge in [-0.05, 0) is 61.0 Å². The van der Waals surface area contributed by atoms with Crippen LogP contribution in [-0.2, 0) is 0 Å². The number of carbonyl (C=O) groups excluding carboxylic acids is 2. The summed E-state index contributed by atoms with van der Waals surface area (Å²) in [7, 11) is 0. The van der Waals surface area contributed by atoms with E-state index in [1.54, 1.807) is 41.8 Å². The zero-order valence-electron chi connectivity index (χ0n) is 16.5. The minimum atomic E-state index is -0.439. The Kier molecular flexibility index (Phi) is 5.64. The second-order valence-corrected chi connectivity index (χ2v) is 7.27. The molecule has 0 unspecified atom stereocenters. The molecular weight excluding hydrogens is 417 g/mol. The van der Waals surface area contributed by atoms with Gasteiger partial charge in [-0.3, -0.25) is 9.59 Å². The number of nitrogens with zero attached hydrogens (tertiary/aromatic N) is 2. The van der Waals surface area contributed by atoms with Gasteiger partial charge in [-0.25, -0.2) is 9.82 Å². The zero-order valence-corrected chi connectivity index (χ0v) is 17.2. The van der Waals surface area contributed by atoms with E-state index in [1.165, 1.54) is 30.5 Å². The molecule has 4 aromatic rings. The number of ketones is 1. The van der Waals surface area contributed by atoms with Crippen LogP contribution in [0.5, 0.6) is 0 Å². The van der Waals surface area contributed by atoms with E-state index in [0.29, 0.717) is 33.0 Å². The molecule has 5 nitrogen and oxygen atoms in total. The lowest BCUT2D eigenvalue weighted by Gasteiger charge is -2.04. The van der Waals surface area contributed by atoms with Crippen LogP contribution in [0.15, 0.2) is 78.0 Å². The van der Waals surface area contributed by atoms with Crippen molar-refractivity contribution in [1.29, 1.82) is 0 Å². The van der Waals surface area contributed by atoms with Crippen molar-refractivity contribution in [3.63, 3.8) is 0 Å². The average molecular weight is 434 g/mol. The molecule has 1 N–H and O–H groups in total. The maximum absolute atomic E-state index is 13.3. The summed E-state index contributed by atoms with van der Waals surface area (Å²) in [4.78, 5) is 25.5. The van der Waals surface area contributed by atoms with Crippen molar-refractivity contribution in [2.45, 2.75) is 6.92 Å². The summed E-state index contributed by atoms with van der Waals surface area (Å²) in [5.74, 6) is -1.08. The van der Waals surface area contributed by atoms with Crippen LogP contribution < -0.4 is 5.43 Å². The highest BCUT2D eigenvalue weighted by atomic mass is 35.5. The standard InChI is InChI=1S/C24H17ClFN3O2/c1-15-19(14-27-28-24(31)18-6-2-3-7-20(18)25)21-8-4-5-13-29(21)22(15)23(30)16-9-11-17(26)12-10-16/h2-14H,1H3,(H,28,31). The number of hydrazone groups is 1. The number of aromatic nitrogens is 1. The Hall–Kier alpha value is -3.77. The first-order valence-electron chi connectivity index (χ1n) is 9.45. The molecule has 0 aliphatic heterocycles. The fourth-order valence-electron chi connectivity index (χ4n) is 3.40. The van der Waals surface area contributed by atoms with E-state index in [1.807, 2.05) is 18.2 Å². The first-order chi connectivity index (χ1) is 15.0. The van der Waals surface area contributed by atoms with Crippen molar-refractivity contribution < 1.29 is 14.0 Å². The number of halogens is 2. The zero-order chi connectivity index (χ0) is 22.0. The maximum atomic E-state index is 13.3. The summed E-state index contributed by atoms with van der Waals surface area (Å²) < 4.78 is 15.0. The van der Waals surface area contributed by atoms with E-state index in [9.17, 15) is 14.0 Å². The Balaban J connectivity index is 1.69. The number of benzene rings is 2. The van der Waals surface area contributed by atoms with Crippen molar-refractivity contribution in [2.24, 2.45) is 5.10 Å². The summed E-state index contributed by atoms with van der Waals surface area (Å²) in [6, 6.07) is 17.6. The van der Waals surface area contributed by atoms with Gasteiger partial charge in [-0.2, -0.15) is 5.10 Å². The first-order valence-corrected chi connectivity index (χ1v) is 9.83. The number of nitrogens with one attached hydrogen (secondary N) is 1. The van der Waals surface area contributed by atoms with E-state index in [2.05, 4.69) is 10.5 Å². The first kappa shape index (κ1) is 20.5. The van der Waals surface area contributed by atoms with E-state index in [0.717, 1.165) is 5.52 Å². The minimum Gasteiger partial charge on any atom is -0.313 e. The third-order valence-corrected chi connectivity index (χ3v) is 5.27. The molecule has 2 aromatic heterocycles. The van der Waals surface area contributed by atoms with Crippen LogP contribution in [0.25, 0.3) is 5.52 Å². The SMILES string of the molecule is Cc1c(C=NNC(=O)c2ccccc2Cl)c2ccccn2c1C(=O)c1ccc(F)cc1. The van der Waals surface area contributed by atoms with Gasteiger partial charge in [0.25, 0.3) is 5.91 Å². The molecule has 0 saturated carbocycles. The van der Waals surface area contributed by atoms with E-state index in [4.69, 9.17) is 11.6 Å². The van der Waals surface area contributed by atoms with Gasteiger partial charge in [0.05, 0.1) is 28.0 Å². The summed E-state index contributed by atoms with van der Waals surface area (Å²) in [5.41, 5.74) is 5.73. The van der Waals surface area contributed by atoms with Crippen molar-refractivity contribution >= 4 is 35.0 Å². The lowest BCUT2D eigenvalue weighted by Crippen LogP contribution is -2.18. The fourth-order valence-corrected chi connectivity index (χ4v) is 3.62. The highest BCUT2D eigenvalue weighted by Gasteiger charge is 2.21. The number of rotatable bonds is 5. The molecule has 0 saturated heterocycles. The number of carbonyl (C=O) groups is 2. The Labute approximate surface area is 182 Å². The third kappa shape index (κ3) is 3.98. The van der Waals surface area contributed by atoms with Gasteiger partial charge in [0.15, 0.2) is 0 Å². The molecule has 0 aliphatic rings. The van der Waals surface area contributed by atoms with Crippen LogP contribution in [0.2, 0.25) is 5.02 Å². The van der Waals surface area contributed by atoms with Crippen molar-refractivity contribution in [1.82, 2.24) is 9.83 Å². The number of pyridine rings is 1. The Morgan fingerprint density at radius 1 is 1.03 bits per heavy atom. The van der Waals surface area contributed by atoms with Crippen molar-refractivity contribution in [3.8, 4) is 0 Å². The molecule has 4 rings (SSSR count). The van der Waals surface area contributed by atoms with Gasteiger partial charge in [-0.1, -0.05) is 29.8 Å².